The van der Waals surface area contributed by atoms with Gasteiger partial charge < -0.3 is 9.64 Å². The SMILES string of the molecule is CCOC(=O)c1ccc(N2CCN(C3Cc4ccccc4C3)CC2)cc1. The van der Waals surface area contributed by atoms with Crippen LogP contribution in [0.25, 0.3) is 0 Å². The molecule has 0 aromatic heterocycles. The molecule has 4 rings (SSSR count). The number of esters is 1. The third kappa shape index (κ3) is 3.47. The highest BCUT2D eigenvalue weighted by atomic mass is 16.5. The molecule has 1 fully saturated rings. The van der Waals surface area contributed by atoms with Gasteiger partial charge in [-0.05, 0) is 55.2 Å². The molecule has 0 unspecified atom stereocenters. The van der Waals surface area contributed by atoms with Crippen molar-refractivity contribution in [3.8, 4) is 0 Å². The lowest BCUT2D eigenvalue weighted by Crippen LogP contribution is -2.50. The minimum absolute atomic E-state index is 0.246. The quantitative estimate of drug-likeness (QED) is 0.793. The molecule has 4 heteroatoms. The monoisotopic (exact) mass is 350 g/mol. The number of hydrogen-bond acceptors (Lipinski definition) is 4. The topological polar surface area (TPSA) is 32.8 Å². The smallest absolute Gasteiger partial charge is 0.338 e. The van der Waals surface area contributed by atoms with E-state index in [1.807, 2.05) is 31.2 Å². The average molecular weight is 350 g/mol. The van der Waals surface area contributed by atoms with Crippen molar-refractivity contribution < 1.29 is 9.53 Å². The Hall–Kier alpha value is -2.33. The molecule has 0 bridgehead atoms. The van der Waals surface area contributed by atoms with Crippen molar-refractivity contribution in [3.63, 3.8) is 0 Å². The number of rotatable bonds is 4. The van der Waals surface area contributed by atoms with Crippen LogP contribution >= 0.6 is 0 Å². The van der Waals surface area contributed by atoms with Gasteiger partial charge >= 0.3 is 5.97 Å². The molecule has 1 aliphatic carbocycles. The summed E-state index contributed by atoms with van der Waals surface area (Å²) < 4.78 is 5.05. The number of piperazine rings is 1. The maximum Gasteiger partial charge on any atom is 0.338 e. The zero-order valence-corrected chi connectivity index (χ0v) is 15.4. The van der Waals surface area contributed by atoms with E-state index in [1.54, 1.807) is 0 Å². The van der Waals surface area contributed by atoms with Crippen LogP contribution in [0.5, 0.6) is 0 Å². The lowest BCUT2D eigenvalue weighted by molar-refractivity contribution is 0.0526. The fraction of sp³-hybridized carbons (Fsp3) is 0.409. The lowest BCUT2D eigenvalue weighted by Gasteiger charge is -2.39. The predicted molar refractivity (Wildman–Crippen MR) is 104 cm³/mol. The van der Waals surface area contributed by atoms with Crippen LogP contribution in [0, 0.1) is 0 Å². The Kier molecular flexibility index (Phi) is 4.93. The Balaban J connectivity index is 1.33. The number of benzene rings is 2. The van der Waals surface area contributed by atoms with Crippen molar-refractivity contribution >= 4 is 11.7 Å². The van der Waals surface area contributed by atoms with E-state index in [9.17, 15) is 4.79 Å². The highest BCUT2D eigenvalue weighted by Gasteiger charge is 2.29. The molecule has 2 aromatic carbocycles. The van der Waals surface area contributed by atoms with E-state index in [1.165, 1.54) is 29.7 Å². The maximum absolute atomic E-state index is 11.8. The van der Waals surface area contributed by atoms with Crippen molar-refractivity contribution in [1.29, 1.82) is 0 Å². The Morgan fingerprint density at radius 2 is 1.58 bits per heavy atom. The summed E-state index contributed by atoms with van der Waals surface area (Å²) in [6.07, 6.45) is 2.37. The Bertz CT molecular complexity index is 739. The van der Waals surface area contributed by atoms with Crippen molar-refractivity contribution in [2.45, 2.75) is 25.8 Å². The summed E-state index contributed by atoms with van der Waals surface area (Å²) in [6.45, 7) is 6.50. The van der Waals surface area contributed by atoms with Crippen molar-refractivity contribution in [1.82, 2.24) is 4.90 Å². The largest absolute Gasteiger partial charge is 0.462 e. The maximum atomic E-state index is 11.8. The fourth-order valence-electron chi connectivity index (χ4n) is 4.16. The van der Waals surface area contributed by atoms with E-state index in [4.69, 9.17) is 4.74 Å². The number of ether oxygens (including phenoxy) is 1. The molecule has 1 heterocycles. The Morgan fingerprint density at radius 3 is 2.15 bits per heavy atom. The van der Waals surface area contributed by atoms with E-state index in [-0.39, 0.29) is 5.97 Å². The molecule has 0 N–H and O–H groups in total. The van der Waals surface area contributed by atoms with Gasteiger partial charge in [-0.25, -0.2) is 4.79 Å². The lowest BCUT2D eigenvalue weighted by atomic mass is 10.1. The van der Waals surface area contributed by atoms with Crippen LogP contribution in [-0.2, 0) is 17.6 Å². The zero-order chi connectivity index (χ0) is 17.9. The van der Waals surface area contributed by atoms with E-state index < -0.39 is 0 Å². The minimum atomic E-state index is -0.246. The van der Waals surface area contributed by atoms with Gasteiger partial charge in [0.2, 0.25) is 0 Å². The fourth-order valence-corrected chi connectivity index (χ4v) is 4.16. The van der Waals surface area contributed by atoms with Crippen molar-refractivity contribution in [2.75, 3.05) is 37.7 Å². The molecule has 0 saturated carbocycles. The summed E-state index contributed by atoms with van der Waals surface area (Å²) in [7, 11) is 0. The number of fused-ring (bicyclic) bond motifs is 1. The van der Waals surface area contributed by atoms with Crippen molar-refractivity contribution in [2.24, 2.45) is 0 Å². The first kappa shape index (κ1) is 17.1. The summed E-state index contributed by atoms with van der Waals surface area (Å²) in [5.74, 6) is -0.246. The van der Waals surface area contributed by atoms with Crippen LogP contribution in [-0.4, -0.2) is 49.7 Å². The molecule has 26 heavy (non-hydrogen) atoms. The molecule has 4 nitrogen and oxygen atoms in total. The molecular weight excluding hydrogens is 324 g/mol. The van der Waals surface area contributed by atoms with Crippen LogP contribution < -0.4 is 4.90 Å². The summed E-state index contributed by atoms with van der Waals surface area (Å²) in [6, 6.07) is 17.3. The highest BCUT2D eigenvalue weighted by Crippen LogP contribution is 2.27. The van der Waals surface area contributed by atoms with Gasteiger partial charge in [0.1, 0.15) is 0 Å². The summed E-state index contributed by atoms with van der Waals surface area (Å²) in [5, 5.41) is 0. The van der Waals surface area contributed by atoms with Gasteiger partial charge in [-0.3, -0.25) is 4.90 Å². The summed E-state index contributed by atoms with van der Waals surface area (Å²) >= 11 is 0. The van der Waals surface area contributed by atoms with Gasteiger partial charge in [-0.2, -0.15) is 0 Å². The van der Waals surface area contributed by atoms with Crippen LogP contribution in [0.4, 0.5) is 5.69 Å². The molecular formula is C22H26N2O2. The molecule has 2 aromatic rings. The van der Waals surface area contributed by atoms with Crippen LogP contribution in [0.15, 0.2) is 48.5 Å². The Morgan fingerprint density at radius 1 is 0.962 bits per heavy atom. The molecule has 0 radical (unpaired) electrons. The first-order valence-corrected chi connectivity index (χ1v) is 9.57. The normalized spacial score (nSPS) is 18.0. The van der Waals surface area contributed by atoms with E-state index >= 15 is 0 Å². The average Bonchev–Trinajstić information content (AvgIpc) is 3.13. The standard InChI is InChI=1S/C22H26N2O2/c1-2-26-22(25)17-7-9-20(10-8-17)23-11-13-24(14-12-23)21-15-18-5-3-4-6-19(18)16-21/h3-10,21H,2,11-16H2,1H3. The number of carbonyl (C=O) groups is 1. The van der Waals surface area contributed by atoms with Crippen molar-refractivity contribution in [3.05, 3.63) is 65.2 Å². The van der Waals surface area contributed by atoms with Crippen LogP contribution in [0.2, 0.25) is 0 Å². The second kappa shape index (κ2) is 7.50. The molecule has 0 amide bonds. The first-order chi connectivity index (χ1) is 12.7. The number of nitrogens with zero attached hydrogens (tertiary/aromatic N) is 2. The Labute approximate surface area is 155 Å². The van der Waals surface area contributed by atoms with Gasteiger partial charge in [0, 0.05) is 37.9 Å². The second-order valence-electron chi connectivity index (χ2n) is 7.12. The molecule has 136 valence electrons. The van der Waals surface area contributed by atoms with Gasteiger partial charge in [0.15, 0.2) is 0 Å². The third-order valence-electron chi connectivity index (χ3n) is 5.60. The first-order valence-electron chi connectivity index (χ1n) is 9.57. The van der Waals surface area contributed by atoms with Crippen LogP contribution in [0.3, 0.4) is 0 Å². The molecule has 1 saturated heterocycles. The van der Waals surface area contributed by atoms with Gasteiger partial charge in [-0.15, -0.1) is 0 Å². The molecule has 2 aliphatic rings. The van der Waals surface area contributed by atoms with Gasteiger partial charge in [0.05, 0.1) is 12.2 Å². The third-order valence-corrected chi connectivity index (χ3v) is 5.60. The molecule has 0 spiro atoms. The predicted octanol–water partition coefficient (Wildman–Crippen LogP) is 3.15. The van der Waals surface area contributed by atoms with E-state index in [0.717, 1.165) is 26.2 Å². The summed E-state index contributed by atoms with van der Waals surface area (Å²) in [5.41, 5.74) is 4.86. The van der Waals surface area contributed by atoms with Gasteiger partial charge in [-0.1, -0.05) is 24.3 Å². The van der Waals surface area contributed by atoms with Gasteiger partial charge in [0.25, 0.3) is 0 Å². The van der Waals surface area contributed by atoms with E-state index in [0.29, 0.717) is 18.2 Å². The number of hydrogen-bond donors (Lipinski definition) is 0. The highest BCUT2D eigenvalue weighted by molar-refractivity contribution is 5.89. The minimum Gasteiger partial charge on any atom is -0.462 e. The van der Waals surface area contributed by atoms with E-state index in [2.05, 4.69) is 34.1 Å². The number of carbonyl (C=O) groups excluding carboxylic acids is 1. The van der Waals surface area contributed by atoms with Crippen LogP contribution in [0.1, 0.15) is 28.4 Å². The molecule has 1 aliphatic heterocycles. The summed E-state index contributed by atoms with van der Waals surface area (Å²) in [4.78, 5) is 16.8. The second-order valence-corrected chi connectivity index (χ2v) is 7.12. The number of anilines is 1. The molecule has 0 atom stereocenters. The zero-order valence-electron chi connectivity index (χ0n) is 15.4.